The van der Waals surface area contributed by atoms with E-state index in [-0.39, 0.29) is 6.42 Å². The van der Waals surface area contributed by atoms with Crippen molar-refractivity contribution in [2.75, 3.05) is 6.26 Å². The van der Waals surface area contributed by atoms with Crippen molar-refractivity contribution >= 4 is 27.1 Å². The third kappa shape index (κ3) is 3.57. The largest absolute Gasteiger partial charge is 0.481 e. The zero-order valence-corrected chi connectivity index (χ0v) is 10.6. The second-order valence-corrected chi connectivity index (χ2v) is 6.80. The maximum absolute atomic E-state index is 11.3. The maximum atomic E-state index is 11.3. The molecule has 1 N–H and O–H groups in total. The van der Waals surface area contributed by atoms with Crippen LogP contribution in [-0.2, 0) is 21.1 Å². The molecule has 0 amide bonds. The SMILES string of the molecule is CC(c1nc(CCC(=O)O)cs1)S(C)(=O)=O. The van der Waals surface area contributed by atoms with E-state index in [0.717, 1.165) is 6.26 Å². The minimum absolute atomic E-state index is 0.0103. The van der Waals surface area contributed by atoms with Gasteiger partial charge in [-0.3, -0.25) is 4.79 Å². The highest BCUT2D eigenvalue weighted by Crippen LogP contribution is 2.24. The molecule has 0 aliphatic carbocycles. The summed E-state index contributed by atoms with van der Waals surface area (Å²) in [6.45, 7) is 1.58. The van der Waals surface area contributed by atoms with Crippen LogP contribution in [0.15, 0.2) is 5.38 Å². The molecule has 90 valence electrons. The lowest BCUT2D eigenvalue weighted by atomic mass is 10.2. The predicted octanol–water partition coefficient (Wildman–Crippen LogP) is 1.27. The van der Waals surface area contributed by atoms with E-state index in [1.165, 1.54) is 11.3 Å². The zero-order chi connectivity index (χ0) is 12.3. The van der Waals surface area contributed by atoms with Crippen molar-refractivity contribution in [3.05, 3.63) is 16.1 Å². The van der Waals surface area contributed by atoms with Crippen LogP contribution in [-0.4, -0.2) is 30.7 Å². The Morgan fingerprint density at radius 1 is 1.62 bits per heavy atom. The molecule has 0 bridgehead atoms. The number of hydrogen-bond donors (Lipinski definition) is 1. The number of nitrogens with zero attached hydrogens (tertiary/aromatic N) is 1. The lowest BCUT2D eigenvalue weighted by molar-refractivity contribution is -0.136. The minimum Gasteiger partial charge on any atom is -0.481 e. The van der Waals surface area contributed by atoms with E-state index >= 15 is 0 Å². The van der Waals surface area contributed by atoms with Crippen molar-refractivity contribution in [2.45, 2.75) is 25.0 Å². The number of carboxylic acid groups (broad SMARTS) is 1. The van der Waals surface area contributed by atoms with Gasteiger partial charge in [-0.25, -0.2) is 13.4 Å². The first-order chi connectivity index (χ1) is 7.30. The molecule has 0 saturated heterocycles. The summed E-state index contributed by atoms with van der Waals surface area (Å²) in [4.78, 5) is 14.5. The van der Waals surface area contributed by atoms with Gasteiger partial charge in [-0.1, -0.05) is 0 Å². The quantitative estimate of drug-likeness (QED) is 0.864. The van der Waals surface area contributed by atoms with E-state index in [1.54, 1.807) is 12.3 Å². The number of sulfone groups is 1. The molecule has 1 rings (SSSR count). The van der Waals surface area contributed by atoms with E-state index in [4.69, 9.17) is 5.11 Å². The van der Waals surface area contributed by atoms with Gasteiger partial charge in [-0.2, -0.15) is 0 Å². The van der Waals surface area contributed by atoms with Crippen LogP contribution in [0.3, 0.4) is 0 Å². The predicted molar refractivity (Wildman–Crippen MR) is 61.3 cm³/mol. The van der Waals surface area contributed by atoms with E-state index in [9.17, 15) is 13.2 Å². The Labute approximate surface area is 98.1 Å². The summed E-state index contributed by atoms with van der Waals surface area (Å²) in [5.41, 5.74) is 0.637. The number of rotatable bonds is 5. The Morgan fingerprint density at radius 3 is 2.75 bits per heavy atom. The lowest BCUT2D eigenvalue weighted by Gasteiger charge is -2.04. The fourth-order valence-corrected chi connectivity index (χ4v) is 2.94. The van der Waals surface area contributed by atoms with Crippen LogP contribution in [0.25, 0.3) is 0 Å². The molecule has 0 spiro atoms. The van der Waals surface area contributed by atoms with Gasteiger partial charge in [-0.15, -0.1) is 11.3 Å². The topological polar surface area (TPSA) is 84.3 Å². The normalized spacial score (nSPS) is 13.6. The summed E-state index contributed by atoms with van der Waals surface area (Å²) >= 11 is 1.25. The smallest absolute Gasteiger partial charge is 0.303 e. The summed E-state index contributed by atoms with van der Waals surface area (Å²) in [7, 11) is -3.14. The highest BCUT2D eigenvalue weighted by molar-refractivity contribution is 7.91. The van der Waals surface area contributed by atoms with E-state index in [2.05, 4.69) is 4.98 Å². The number of hydrogen-bond acceptors (Lipinski definition) is 5. The Kier molecular flexibility index (Phi) is 4.03. The molecule has 1 unspecified atom stereocenters. The molecule has 0 saturated carbocycles. The molecule has 1 atom stereocenters. The summed E-state index contributed by atoms with van der Waals surface area (Å²) in [6, 6.07) is 0. The molecule has 0 fully saturated rings. The van der Waals surface area contributed by atoms with Gasteiger partial charge >= 0.3 is 5.97 Å². The second kappa shape index (κ2) is 4.92. The van der Waals surface area contributed by atoms with Crippen LogP contribution in [0, 0.1) is 0 Å². The Morgan fingerprint density at radius 2 is 2.25 bits per heavy atom. The summed E-state index contributed by atoms with van der Waals surface area (Å²) in [5.74, 6) is -0.884. The molecule has 0 radical (unpaired) electrons. The number of aliphatic carboxylic acids is 1. The molecule has 1 aromatic rings. The van der Waals surface area contributed by atoms with Crippen LogP contribution < -0.4 is 0 Å². The Bertz CT molecular complexity index is 477. The molecular weight excluding hydrogens is 250 g/mol. The van der Waals surface area contributed by atoms with Crippen LogP contribution in [0.1, 0.15) is 29.3 Å². The molecule has 0 aliphatic rings. The Balaban J connectivity index is 2.75. The lowest BCUT2D eigenvalue weighted by Crippen LogP contribution is -2.07. The van der Waals surface area contributed by atoms with Gasteiger partial charge in [0.1, 0.15) is 10.3 Å². The molecule has 1 aromatic heterocycles. The summed E-state index contributed by atoms with van der Waals surface area (Å²) in [5, 5.41) is 10.1. The molecule has 0 aromatic carbocycles. The van der Waals surface area contributed by atoms with E-state index < -0.39 is 21.1 Å². The van der Waals surface area contributed by atoms with Gasteiger partial charge < -0.3 is 5.11 Å². The third-order valence-electron chi connectivity index (χ3n) is 2.15. The van der Waals surface area contributed by atoms with Crippen molar-refractivity contribution in [3.63, 3.8) is 0 Å². The first-order valence-electron chi connectivity index (χ1n) is 4.65. The number of aryl methyl sites for hydroxylation is 1. The van der Waals surface area contributed by atoms with Crippen molar-refractivity contribution in [1.29, 1.82) is 0 Å². The van der Waals surface area contributed by atoms with Crippen molar-refractivity contribution < 1.29 is 18.3 Å². The van der Waals surface area contributed by atoms with Gasteiger partial charge in [0.05, 0.1) is 12.1 Å². The highest BCUT2D eigenvalue weighted by atomic mass is 32.2. The van der Waals surface area contributed by atoms with E-state index in [0.29, 0.717) is 17.1 Å². The van der Waals surface area contributed by atoms with Gasteiger partial charge in [0.25, 0.3) is 0 Å². The molecule has 0 aliphatic heterocycles. The van der Waals surface area contributed by atoms with Gasteiger partial charge in [0, 0.05) is 18.1 Å². The Hall–Kier alpha value is -0.950. The standard InChI is InChI=1S/C9H13NO4S2/c1-6(16(2,13)14)9-10-7(5-15-9)3-4-8(11)12/h5-6H,3-4H2,1-2H3,(H,11,12). The average Bonchev–Trinajstić information content (AvgIpc) is 2.60. The fraction of sp³-hybridized carbons (Fsp3) is 0.556. The number of aromatic nitrogens is 1. The van der Waals surface area contributed by atoms with E-state index in [1.807, 2.05) is 0 Å². The van der Waals surface area contributed by atoms with Gasteiger partial charge in [0.2, 0.25) is 0 Å². The van der Waals surface area contributed by atoms with Gasteiger partial charge in [0.15, 0.2) is 9.84 Å². The molecule has 16 heavy (non-hydrogen) atoms. The van der Waals surface area contributed by atoms with Gasteiger partial charge in [-0.05, 0) is 6.92 Å². The third-order valence-corrected chi connectivity index (χ3v) is 4.89. The number of carboxylic acids is 1. The molecule has 7 heteroatoms. The van der Waals surface area contributed by atoms with Crippen LogP contribution in [0.4, 0.5) is 0 Å². The monoisotopic (exact) mass is 263 g/mol. The molecular formula is C9H13NO4S2. The second-order valence-electron chi connectivity index (χ2n) is 3.54. The fourth-order valence-electron chi connectivity index (χ4n) is 1.04. The number of thiazole rings is 1. The maximum Gasteiger partial charge on any atom is 0.303 e. The van der Waals surface area contributed by atoms with Crippen LogP contribution in [0.5, 0.6) is 0 Å². The highest BCUT2D eigenvalue weighted by Gasteiger charge is 2.20. The van der Waals surface area contributed by atoms with Crippen LogP contribution >= 0.6 is 11.3 Å². The van der Waals surface area contributed by atoms with Crippen molar-refractivity contribution in [2.24, 2.45) is 0 Å². The van der Waals surface area contributed by atoms with Crippen molar-refractivity contribution in [3.8, 4) is 0 Å². The minimum atomic E-state index is -3.14. The number of carbonyl (C=O) groups is 1. The van der Waals surface area contributed by atoms with Crippen molar-refractivity contribution in [1.82, 2.24) is 4.98 Å². The average molecular weight is 263 g/mol. The zero-order valence-electron chi connectivity index (χ0n) is 9.00. The molecule has 1 heterocycles. The van der Waals surface area contributed by atoms with Crippen LogP contribution in [0.2, 0.25) is 0 Å². The first-order valence-corrected chi connectivity index (χ1v) is 7.49. The molecule has 5 nitrogen and oxygen atoms in total. The summed E-state index contributed by atoms with van der Waals surface area (Å²) < 4.78 is 22.6. The first kappa shape index (κ1) is 13.1. The summed E-state index contributed by atoms with van der Waals surface area (Å²) in [6.07, 6.45) is 1.51.